The molecule has 0 radical (unpaired) electrons. The zero-order chi connectivity index (χ0) is 25.9. The molecule has 0 saturated heterocycles. The molecule has 8 nitrogen and oxygen atoms in total. The van der Waals surface area contributed by atoms with Gasteiger partial charge < -0.3 is 28.8 Å². The van der Waals surface area contributed by atoms with Crippen LogP contribution in [0.5, 0.6) is 17.2 Å². The molecule has 3 rings (SSSR count). The first-order valence-corrected chi connectivity index (χ1v) is 11.4. The van der Waals surface area contributed by atoms with E-state index in [-0.39, 0.29) is 5.56 Å². The fourth-order valence-electron chi connectivity index (χ4n) is 3.55. The van der Waals surface area contributed by atoms with Gasteiger partial charge in [-0.15, -0.1) is 0 Å². The molecule has 190 valence electrons. The van der Waals surface area contributed by atoms with Crippen LogP contribution in [0.4, 0.5) is 0 Å². The minimum atomic E-state index is -0.944. The van der Waals surface area contributed by atoms with E-state index in [2.05, 4.69) is 0 Å². The first-order chi connectivity index (χ1) is 17.4. The van der Waals surface area contributed by atoms with E-state index in [1.807, 2.05) is 36.4 Å². The van der Waals surface area contributed by atoms with Gasteiger partial charge in [0.15, 0.2) is 17.6 Å². The molecular formula is C28H30O8. The summed E-state index contributed by atoms with van der Waals surface area (Å²) in [6.07, 6.45) is 0.340. The van der Waals surface area contributed by atoms with Crippen LogP contribution in [0.25, 0.3) is 11.1 Å². The molecule has 0 fully saturated rings. The normalized spacial score (nSPS) is 11.4. The van der Waals surface area contributed by atoms with E-state index in [1.165, 1.54) is 14.2 Å². The molecule has 3 aromatic rings. The Bertz CT molecular complexity index is 1140. The predicted molar refractivity (Wildman–Crippen MR) is 134 cm³/mol. The highest BCUT2D eigenvalue weighted by Crippen LogP contribution is 2.29. The summed E-state index contributed by atoms with van der Waals surface area (Å²) >= 11 is 0. The second-order valence-corrected chi connectivity index (χ2v) is 7.89. The van der Waals surface area contributed by atoms with Crippen molar-refractivity contribution >= 4 is 11.9 Å². The Hall–Kier alpha value is -4.04. The van der Waals surface area contributed by atoms with Crippen LogP contribution in [0.3, 0.4) is 0 Å². The maximum Gasteiger partial charge on any atom is 0.335 e. The number of benzene rings is 3. The minimum Gasteiger partial charge on any atom is -0.493 e. The van der Waals surface area contributed by atoms with Gasteiger partial charge in [0.25, 0.3) is 0 Å². The molecule has 0 aliphatic heterocycles. The van der Waals surface area contributed by atoms with Crippen LogP contribution in [-0.2, 0) is 20.7 Å². The third-order valence-electron chi connectivity index (χ3n) is 5.53. The van der Waals surface area contributed by atoms with Crippen molar-refractivity contribution in [3.05, 3.63) is 77.9 Å². The van der Waals surface area contributed by atoms with Crippen LogP contribution >= 0.6 is 0 Å². The predicted octanol–water partition coefficient (Wildman–Crippen LogP) is 4.64. The number of carbonyl (C=O) groups is 2. The number of rotatable bonds is 13. The lowest BCUT2D eigenvalue weighted by Crippen LogP contribution is -2.26. The summed E-state index contributed by atoms with van der Waals surface area (Å²) in [5, 5.41) is 9.02. The molecule has 0 bridgehead atoms. The van der Waals surface area contributed by atoms with Crippen molar-refractivity contribution in [2.45, 2.75) is 18.9 Å². The maximum absolute atomic E-state index is 11.8. The van der Waals surface area contributed by atoms with Crippen molar-refractivity contribution in [2.75, 3.05) is 34.5 Å². The number of methoxy groups -OCH3 is 3. The molecule has 0 amide bonds. The van der Waals surface area contributed by atoms with Gasteiger partial charge in [-0.3, -0.25) is 0 Å². The Balaban J connectivity index is 1.46. The van der Waals surface area contributed by atoms with Gasteiger partial charge in [-0.2, -0.15) is 0 Å². The third kappa shape index (κ3) is 7.23. The van der Waals surface area contributed by atoms with Gasteiger partial charge in [0.1, 0.15) is 5.75 Å². The van der Waals surface area contributed by atoms with Crippen molar-refractivity contribution in [1.82, 2.24) is 0 Å². The number of hydrogen-bond donors (Lipinski definition) is 1. The van der Waals surface area contributed by atoms with E-state index in [0.717, 1.165) is 22.4 Å². The average Bonchev–Trinajstić information content (AvgIpc) is 2.91. The summed E-state index contributed by atoms with van der Waals surface area (Å²) in [4.78, 5) is 22.7. The summed E-state index contributed by atoms with van der Waals surface area (Å²) in [6.45, 7) is 0.911. The molecule has 1 unspecified atom stereocenters. The van der Waals surface area contributed by atoms with E-state index in [4.69, 9.17) is 28.8 Å². The highest BCUT2D eigenvalue weighted by molar-refractivity contribution is 5.88. The Kier molecular flexibility index (Phi) is 9.71. The minimum absolute atomic E-state index is 0.257. The van der Waals surface area contributed by atoms with E-state index >= 15 is 0 Å². The average molecular weight is 495 g/mol. The largest absolute Gasteiger partial charge is 0.493 e. The van der Waals surface area contributed by atoms with Gasteiger partial charge in [0.2, 0.25) is 0 Å². The molecule has 0 aliphatic rings. The Morgan fingerprint density at radius 2 is 1.44 bits per heavy atom. The lowest BCUT2D eigenvalue weighted by atomic mass is 10.0. The molecule has 8 heteroatoms. The molecule has 1 N–H and O–H groups in total. The zero-order valence-electron chi connectivity index (χ0n) is 20.6. The van der Waals surface area contributed by atoms with Gasteiger partial charge in [0.05, 0.1) is 33.0 Å². The lowest BCUT2D eigenvalue weighted by molar-refractivity contribution is -0.152. The van der Waals surface area contributed by atoms with Gasteiger partial charge in [-0.25, -0.2) is 9.59 Å². The van der Waals surface area contributed by atoms with E-state index in [1.54, 1.807) is 37.4 Å². The van der Waals surface area contributed by atoms with Gasteiger partial charge in [0, 0.05) is 20.0 Å². The van der Waals surface area contributed by atoms with Crippen molar-refractivity contribution < 1.29 is 38.4 Å². The Labute approximate surface area is 210 Å². The Morgan fingerprint density at radius 1 is 0.806 bits per heavy atom. The molecule has 0 saturated carbocycles. The number of aromatic carboxylic acids is 1. The Morgan fingerprint density at radius 3 is 2.03 bits per heavy atom. The fraction of sp³-hybridized carbons (Fsp3) is 0.286. The highest BCUT2D eigenvalue weighted by atomic mass is 16.6. The van der Waals surface area contributed by atoms with Crippen LogP contribution in [0.2, 0.25) is 0 Å². The number of ether oxygens (including phenoxy) is 5. The summed E-state index contributed by atoms with van der Waals surface area (Å²) in [5.41, 5.74) is 3.03. The zero-order valence-corrected chi connectivity index (χ0v) is 20.6. The molecule has 1 atom stereocenters. The van der Waals surface area contributed by atoms with E-state index in [0.29, 0.717) is 37.6 Å². The number of carbonyl (C=O) groups excluding carboxylic acids is 1. The van der Waals surface area contributed by atoms with Crippen LogP contribution in [0.15, 0.2) is 66.7 Å². The molecule has 36 heavy (non-hydrogen) atoms. The summed E-state index contributed by atoms with van der Waals surface area (Å²) in [5.74, 6) is 0.536. The second kappa shape index (κ2) is 13.2. The number of esters is 1. The summed E-state index contributed by atoms with van der Waals surface area (Å²) in [7, 11) is 4.36. The topological polar surface area (TPSA) is 101 Å². The van der Waals surface area contributed by atoms with E-state index < -0.39 is 18.0 Å². The molecular weight excluding hydrogens is 464 g/mol. The smallest absolute Gasteiger partial charge is 0.335 e. The number of carboxylic acid groups (broad SMARTS) is 1. The third-order valence-corrected chi connectivity index (χ3v) is 5.53. The van der Waals surface area contributed by atoms with Crippen molar-refractivity contribution in [1.29, 1.82) is 0 Å². The molecule has 0 heterocycles. The fourth-order valence-corrected chi connectivity index (χ4v) is 3.55. The highest BCUT2D eigenvalue weighted by Gasteiger charge is 2.19. The maximum atomic E-state index is 11.8. The molecule has 0 aromatic heterocycles. The van der Waals surface area contributed by atoms with Crippen LogP contribution in [0.1, 0.15) is 22.3 Å². The van der Waals surface area contributed by atoms with Crippen LogP contribution in [-0.4, -0.2) is 57.7 Å². The van der Waals surface area contributed by atoms with Gasteiger partial charge in [-0.05, 0) is 53.1 Å². The van der Waals surface area contributed by atoms with Crippen LogP contribution in [0, 0.1) is 0 Å². The standard InChI is InChI=1S/C28H30O8/c1-32-25-17-19(18-26(33-2)28(31)34-3)5-14-24(25)36-16-4-15-35-23-12-10-21(11-13-23)20-6-8-22(9-7-20)27(29)30/h5-14,17,26H,4,15-16,18H2,1-3H3,(H,29,30). The van der Waals surface area contributed by atoms with Crippen LogP contribution < -0.4 is 14.2 Å². The second-order valence-electron chi connectivity index (χ2n) is 7.89. The van der Waals surface area contributed by atoms with Gasteiger partial charge >= 0.3 is 11.9 Å². The van der Waals surface area contributed by atoms with E-state index in [9.17, 15) is 9.59 Å². The number of carboxylic acids is 1. The van der Waals surface area contributed by atoms with Crippen molar-refractivity contribution in [2.24, 2.45) is 0 Å². The molecule has 0 spiro atoms. The lowest BCUT2D eigenvalue weighted by Gasteiger charge is -2.15. The molecule has 0 aliphatic carbocycles. The monoisotopic (exact) mass is 494 g/mol. The SMILES string of the molecule is COC(=O)C(Cc1ccc(OCCCOc2ccc(-c3ccc(C(=O)O)cc3)cc2)c(OC)c1)OC. The first kappa shape index (κ1) is 26.6. The quantitative estimate of drug-likeness (QED) is 0.271. The van der Waals surface area contributed by atoms with Crippen molar-refractivity contribution in [3.8, 4) is 28.4 Å². The van der Waals surface area contributed by atoms with Crippen molar-refractivity contribution in [3.63, 3.8) is 0 Å². The molecule has 3 aromatic carbocycles. The summed E-state index contributed by atoms with van der Waals surface area (Å²) in [6, 6.07) is 19.9. The summed E-state index contributed by atoms with van der Waals surface area (Å²) < 4.78 is 27.0. The number of hydrogen-bond acceptors (Lipinski definition) is 7. The van der Waals surface area contributed by atoms with Gasteiger partial charge in [-0.1, -0.05) is 30.3 Å². The first-order valence-electron chi connectivity index (χ1n) is 11.4.